The number of fused-ring (bicyclic) bond motifs is 1. The SMILES string of the molecule is COCCC(=O)c1ccc2c(c1)C(c1ncn[nH]1)CN2C(=O)c1ccccc1. The van der Waals surface area contributed by atoms with Crippen LogP contribution in [-0.4, -0.2) is 47.1 Å². The second-order valence-corrected chi connectivity index (χ2v) is 6.64. The Bertz CT molecular complexity index is 986. The number of methoxy groups -OCH3 is 1. The summed E-state index contributed by atoms with van der Waals surface area (Å²) in [5.74, 6) is 0.433. The molecule has 0 saturated heterocycles. The summed E-state index contributed by atoms with van der Waals surface area (Å²) in [4.78, 5) is 31.5. The maximum Gasteiger partial charge on any atom is 0.258 e. The Morgan fingerprint density at radius 1 is 1.18 bits per heavy atom. The van der Waals surface area contributed by atoms with Crippen molar-refractivity contribution in [2.24, 2.45) is 0 Å². The van der Waals surface area contributed by atoms with Crippen LogP contribution in [0.4, 0.5) is 5.69 Å². The van der Waals surface area contributed by atoms with Gasteiger partial charge in [0.25, 0.3) is 5.91 Å². The molecule has 142 valence electrons. The Morgan fingerprint density at radius 3 is 2.71 bits per heavy atom. The molecule has 0 saturated carbocycles. The zero-order valence-corrected chi connectivity index (χ0v) is 15.5. The van der Waals surface area contributed by atoms with Gasteiger partial charge in [-0.25, -0.2) is 4.98 Å². The first-order valence-electron chi connectivity index (χ1n) is 9.07. The van der Waals surface area contributed by atoms with Gasteiger partial charge in [-0.1, -0.05) is 18.2 Å². The molecule has 0 bridgehead atoms. The van der Waals surface area contributed by atoms with E-state index < -0.39 is 0 Å². The van der Waals surface area contributed by atoms with Crippen LogP contribution in [0.2, 0.25) is 0 Å². The van der Waals surface area contributed by atoms with Crippen molar-refractivity contribution >= 4 is 17.4 Å². The van der Waals surface area contributed by atoms with Crippen LogP contribution in [-0.2, 0) is 4.74 Å². The summed E-state index contributed by atoms with van der Waals surface area (Å²) in [5.41, 5.74) is 2.91. The number of benzene rings is 2. The topological polar surface area (TPSA) is 88.2 Å². The van der Waals surface area contributed by atoms with Gasteiger partial charge < -0.3 is 9.64 Å². The number of nitrogens with one attached hydrogen (secondary N) is 1. The molecule has 0 aliphatic carbocycles. The van der Waals surface area contributed by atoms with Crippen LogP contribution in [0, 0.1) is 0 Å². The number of aromatic nitrogens is 3. The Kier molecular flexibility index (Phi) is 4.99. The summed E-state index contributed by atoms with van der Waals surface area (Å²) in [6.45, 7) is 0.814. The van der Waals surface area contributed by atoms with Gasteiger partial charge in [0.2, 0.25) is 0 Å². The van der Waals surface area contributed by atoms with Crippen molar-refractivity contribution in [3.8, 4) is 0 Å². The molecule has 1 atom stereocenters. The Labute approximate surface area is 162 Å². The van der Waals surface area contributed by atoms with Gasteiger partial charge in [-0.3, -0.25) is 14.7 Å². The number of carbonyl (C=O) groups is 2. The van der Waals surface area contributed by atoms with Crippen molar-refractivity contribution in [1.29, 1.82) is 0 Å². The molecule has 1 amide bonds. The average molecular weight is 376 g/mol. The lowest BCUT2D eigenvalue weighted by atomic mass is 9.96. The second kappa shape index (κ2) is 7.74. The van der Waals surface area contributed by atoms with Crippen molar-refractivity contribution in [2.75, 3.05) is 25.2 Å². The summed E-state index contributed by atoms with van der Waals surface area (Å²) in [5, 5.41) is 6.84. The van der Waals surface area contributed by atoms with Crippen LogP contribution in [0.3, 0.4) is 0 Å². The lowest BCUT2D eigenvalue weighted by molar-refractivity contribution is 0.0931. The summed E-state index contributed by atoms with van der Waals surface area (Å²) in [6, 6.07) is 14.6. The molecule has 2 aromatic carbocycles. The third kappa shape index (κ3) is 3.32. The molecule has 28 heavy (non-hydrogen) atoms. The first-order valence-corrected chi connectivity index (χ1v) is 9.07. The molecule has 1 aliphatic heterocycles. The molecule has 7 heteroatoms. The van der Waals surface area contributed by atoms with Gasteiger partial charge in [-0.2, -0.15) is 5.10 Å². The van der Waals surface area contributed by atoms with E-state index in [0.717, 1.165) is 11.3 Å². The monoisotopic (exact) mass is 376 g/mol. The fourth-order valence-electron chi connectivity index (χ4n) is 3.52. The second-order valence-electron chi connectivity index (χ2n) is 6.64. The molecule has 0 fully saturated rings. The number of Topliss-reactive ketones (excluding diaryl/α,β-unsaturated/α-hetero) is 1. The zero-order chi connectivity index (χ0) is 19.5. The van der Waals surface area contributed by atoms with E-state index in [0.29, 0.717) is 36.5 Å². The summed E-state index contributed by atoms with van der Waals surface area (Å²) in [6.07, 6.45) is 1.76. The van der Waals surface area contributed by atoms with Crippen molar-refractivity contribution in [3.05, 3.63) is 77.4 Å². The van der Waals surface area contributed by atoms with E-state index in [1.54, 1.807) is 30.2 Å². The van der Waals surface area contributed by atoms with Gasteiger partial charge in [0.15, 0.2) is 5.78 Å². The Balaban J connectivity index is 1.72. The van der Waals surface area contributed by atoms with E-state index in [1.165, 1.54) is 6.33 Å². The highest BCUT2D eigenvalue weighted by Crippen LogP contribution is 2.40. The van der Waals surface area contributed by atoms with Crippen LogP contribution in [0.25, 0.3) is 0 Å². The Morgan fingerprint density at radius 2 is 2.00 bits per heavy atom. The number of nitrogens with zero attached hydrogens (tertiary/aromatic N) is 3. The zero-order valence-electron chi connectivity index (χ0n) is 15.5. The average Bonchev–Trinajstić information content (AvgIpc) is 3.39. The number of hydrogen-bond donors (Lipinski definition) is 1. The van der Waals surface area contributed by atoms with E-state index in [4.69, 9.17) is 4.74 Å². The molecule has 3 aromatic rings. The van der Waals surface area contributed by atoms with Crippen molar-refractivity contribution in [2.45, 2.75) is 12.3 Å². The molecule has 1 unspecified atom stereocenters. The molecule has 1 aromatic heterocycles. The predicted molar refractivity (Wildman–Crippen MR) is 104 cm³/mol. The fraction of sp³-hybridized carbons (Fsp3) is 0.238. The number of ether oxygens (including phenoxy) is 1. The van der Waals surface area contributed by atoms with E-state index in [1.807, 2.05) is 30.3 Å². The highest BCUT2D eigenvalue weighted by molar-refractivity contribution is 6.08. The largest absolute Gasteiger partial charge is 0.384 e. The van der Waals surface area contributed by atoms with Gasteiger partial charge in [-0.15, -0.1) is 0 Å². The van der Waals surface area contributed by atoms with E-state index in [9.17, 15) is 9.59 Å². The van der Waals surface area contributed by atoms with Crippen LogP contribution < -0.4 is 4.90 Å². The molecule has 0 spiro atoms. The van der Waals surface area contributed by atoms with Gasteiger partial charge in [0.05, 0.1) is 12.5 Å². The highest BCUT2D eigenvalue weighted by Gasteiger charge is 2.35. The normalized spacial score (nSPS) is 15.5. The quantitative estimate of drug-likeness (QED) is 0.669. The summed E-state index contributed by atoms with van der Waals surface area (Å²) in [7, 11) is 1.57. The molecule has 1 N–H and O–H groups in total. The first-order chi connectivity index (χ1) is 13.7. The number of carbonyl (C=O) groups excluding carboxylic acids is 2. The van der Waals surface area contributed by atoms with E-state index in [-0.39, 0.29) is 17.6 Å². The number of ketones is 1. The standard InChI is InChI=1S/C21H20N4O3/c1-28-10-9-19(26)15-7-8-18-16(11-15)17(20-22-13-23-24-20)12-25(18)21(27)14-5-3-2-4-6-14/h2-8,11,13,17H,9-10,12H2,1H3,(H,22,23,24). The fourth-order valence-corrected chi connectivity index (χ4v) is 3.52. The van der Waals surface area contributed by atoms with Gasteiger partial charge >= 0.3 is 0 Å². The number of rotatable bonds is 6. The third-order valence-electron chi connectivity index (χ3n) is 4.94. The number of anilines is 1. The molecular weight excluding hydrogens is 356 g/mol. The Hall–Kier alpha value is -3.32. The lowest BCUT2D eigenvalue weighted by Gasteiger charge is -2.18. The first kappa shape index (κ1) is 18.1. The summed E-state index contributed by atoms with van der Waals surface area (Å²) < 4.78 is 5.01. The molecular formula is C21H20N4O3. The van der Waals surface area contributed by atoms with E-state index >= 15 is 0 Å². The van der Waals surface area contributed by atoms with Gasteiger partial charge in [-0.05, 0) is 35.9 Å². The minimum atomic E-state index is -0.166. The third-order valence-corrected chi connectivity index (χ3v) is 4.94. The van der Waals surface area contributed by atoms with Crippen LogP contribution >= 0.6 is 0 Å². The molecule has 1 aliphatic rings. The number of hydrogen-bond acceptors (Lipinski definition) is 5. The van der Waals surface area contributed by atoms with Crippen molar-refractivity contribution in [3.63, 3.8) is 0 Å². The number of aromatic amines is 1. The van der Waals surface area contributed by atoms with Crippen LogP contribution in [0.15, 0.2) is 54.9 Å². The summed E-state index contributed by atoms with van der Waals surface area (Å²) >= 11 is 0. The maximum absolute atomic E-state index is 13.1. The number of amides is 1. The molecule has 7 nitrogen and oxygen atoms in total. The highest BCUT2D eigenvalue weighted by atomic mass is 16.5. The van der Waals surface area contributed by atoms with E-state index in [2.05, 4.69) is 15.2 Å². The van der Waals surface area contributed by atoms with Crippen molar-refractivity contribution < 1.29 is 14.3 Å². The van der Waals surface area contributed by atoms with Crippen LogP contribution in [0.1, 0.15) is 44.4 Å². The molecule has 2 heterocycles. The number of H-pyrrole nitrogens is 1. The minimum absolute atomic E-state index is 0.00815. The smallest absolute Gasteiger partial charge is 0.258 e. The van der Waals surface area contributed by atoms with Crippen LogP contribution in [0.5, 0.6) is 0 Å². The predicted octanol–water partition coefficient (Wildman–Crippen LogP) is 2.82. The molecule has 0 radical (unpaired) electrons. The van der Waals surface area contributed by atoms with Crippen molar-refractivity contribution in [1.82, 2.24) is 15.2 Å². The minimum Gasteiger partial charge on any atom is -0.384 e. The molecule has 4 rings (SSSR count). The lowest BCUT2D eigenvalue weighted by Crippen LogP contribution is -2.30. The maximum atomic E-state index is 13.1. The van der Waals surface area contributed by atoms with Gasteiger partial charge in [0.1, 0.15) is 12.2 Å². The van der Waals surface area contributed by atoms with Gasteiger partial charge in [0, 0.05) is 36.9 Å².